The molecule has 2 aromatic rings. The van der Waals surface area contributed by atoms with Gasteiger partial charge in [0.15, 0.2) is 0 Å². The average molecular weight is 419 g/mol. The van der Waals surface area contributed by atoms with Crippen LogP contribution in [0.2, 0.25) is 10.0 Å². The van der Waals surface area contributed by atoms with E-state index in [0.717, 1.165) is 5.56 Å². The minimum atomic E-state index is -3.66. The molecule has 9 heteroatoms. The summed E-state index contributed by atoms with van der Waals surface area (Å²) in [5.74, 6) is -0.0425. The van der Waals surface area contributed by atoms with Crippen LogP contribution in [0, 0.1) is 6.92 Å². The summed E-state index contributed by atoms with van der Waals surface area (Å²) in [5.41, 5.74) is 0.945. The zero-order chi connectivity index (χ0) is 18.2. The molecule has 1 aliphatic rings. The first kappa shape index (κ1) is 18.7. The van der Waals surface area contributed by atoms with Gasteiger partial charge in [-0.3, -0.25) is 4.79 Å². The number of rotatable bonds is 3. The van der Waals surface area contributed by atoms with Gasteiger partial charge in [0.25, 0.3) is 5.91 Å². The number of piperazine rings is 1. The summed E-state index contributed by atoms with van der Waals surface area (Å²) in [6.07, 6.45) is 0. The molecule has 0 unspecified atom stereocenters. The lowest BCUT2D eigenvalue weighted by Gasteiger charge is -2.34. The van der Waals surface area contributed by atoms with Gasteiger partial charge in [0.05, 0.1) is 19.8 Å². The third-order valence-electron chi connectivity index (χ3n) is 4.11. The number of hydrogen-bond donors (Lipinski definition) is 0. The fraction of sp³-hybridized carbons (Fsp3) is 0.312. The summed E-state index contributed by atoms with van der Waals surface area (Å²) in [6, 6.07) is 6.17. The van der Waals surface area contributed by atoms with Crippen molar-refractivity contribution in [2.45, 2.75) is 11.8 Å². The van der Waals surface area contributed by atoms with E-state index in [0.29, 0.717) is 23.0 Å². The molecule has 0 N–H and O–H groups in total. The molecule has 1 aromatic carbocycles. The highest BCUT2D eigenvalue weighted by atomic mass is 35.5. The quantitative estimate of drug-likeness (QED) is 0.765. The van der Waals surface area contributed by atoms with Crippen LogP contribution in [-0.2, 0) is 10.0 Å². The van der Waals surface area contributed by atoms with Gasteiger partial charge in [-0.25, -0.2) is 8.42 Å². The number of nitrogens with zero attached hydrogens (tertiary/aromatic N) is 2. The molecule has 0 saturated carbocycles. The van der Waals surface area contributed by atoms with Gasteiger partial charge in [-0.2, -0.15) is 4.31 Å². The fourth-order valence-electron chi connectivity index (χ4n) is 2.65. The fourth-order valence-corrected chi connectivity index (χ4v) is 5.36. The van der Waals surface area contributed by atoms with Gasteiger partial charge in [-0.05, 0) is 42.1 Å². The Bertz CT molecular complexity index is 904. The summed E-state index contributed by atoms with van der Waals surface area (Å²) in [4.78, 5) is 15.0. The highest BCUT2D eigenvalue weighted by Crippen LogP contribution is 2.27. The van der Waals surface area contributed by atoms with Crippen molar-refractivity contribution in [2.75, 3.05) is 26.2 Å². The van der Waals surface area contributed by atoms with E-state index in [-0.39, 0.29) is 28.9 Å². The molecule has 134 valence electrons. The highest BCUT2D eigenvalue weighted by Gasteiger charge is 2.31. The second-order valence-corrected chi connectivity index (χ2v) is 9.37. The molecule has 1 fully saturated rings. The van der Waals surface area contributed by atoms with Gasteiger partial charge >= 0.3 is 0 Å². The number of amides is 1. The van der Waals surface area contributed by atoms with Crippen molar-refractivity contribution in [2.24, 2.45) is 0 Å². The lowest BCUT2D eigenvalue weighted by Crippen LogP contribution is -2.50. The molecule has 0 radical (unpaired) electrons. The SMILES string of the molecule is Cc1ccsc1C(=O)N1CCN(S(=O)(=O)c2ccc(Cl)c(Cl)c2)CC1. The number of hydrogen-bond acceptors (Lipinski definition) is 4. The molecule has 2 heterocycles. The van der Waals surface area contributed by atoms with Gasteiger partial charge in [-0.15, -0.1) is 11.3 Å². The zero-order valence-corrected chi connectivity index (χ0v) is 16.6. The van der Waals surface area contributed by atoms with Gasteiger partial charge in [-0.1, -0.05) is 23.2 Å². The molecule has 0 spiro atoms. The Kier molecular flexibility index (Phi) is 5.41. The highest BCUT2D eigenvalue weighted by molar-refractivity contribution is 7.89. The summed E-state index contributed by atoms with van der Waals surface area (Å²) < 4.78 is 26.8. The molecule has 5 nitrogen and oxygen atoms in total. The van der Waals surface area contributed by atoms with Crippen LogP contribution < -0.4 is 0 Å². The number of carbonyl (C=O) groups is 1. The van der Waals surface area contributed by atoms with Gasteiger partial charge in [0, 0.05) is 26.2 Å². The van der Waals surface area contributed by atoms with Gasteiger partial charge in [0.1, 0.15) is 0 Å². The van der Waals surface area contributed by atoms with Crippen LogP contribution in [0.4, 0.5) is 0 Å². The van der Waals surface area contributed by atoms with Crippen molar-refractivity contribution < 1.29 is 13.2 Å². The lowest BCUT2D eigenvalue weighted by molar-refractivity contribution is 0.0702. The van der Waals surface area contributed by atoms with E-state index in [1.54, 1.807) is 4.90 Å². The molecule has 0 atom stereocenters. The van der Waals surface area contributed by atoms with Crippen LogP contribution in [0.15, 0.2) is 34.5 Å². The van der Waals surface area contributed by atoms with Gasteiger partial charge < -0.3 is 4.90 Å². The third kappa shape index (κ3) is 3.71. The largest absolute Gasteiger partial charge is 0.335 e. The van der Waals surface area contributed by atoms with Gasteiger partial charge in [0.2, 0.25) is 10.0 Å². The van der Waals surface area contributed by atoms with Crippen LogP contribution in [-0.4, -0.2) is 49.7 Å². The van der Waals surface area contributed by atoms with Crippen molar-refractivity contribution in [3.63, 3.8) is 0 Å². The molecule has 0 bridgehead atoms. The molecule has 25 heavy (non-hydrogen) atoms. The summed E-state index contributed by atoms with van der Waals surface area (Å²) in [7, 11) is -3.66. The maximum absolute atomic E-state index is 12.7. The standard InChI is InChI=1S/C16H16Cl2N2O3S2/c1-11-4-9-24-15(11)16(21)19-5-7-20(8-6-19)25(22,23)12-2-3-13(17)14(18)10-12/h2-4,9-10H,5-8H2,1H3. The average Bonchev–Trinajstić information content (AvgIpc) is 3.02. The minimum absolute atomic E-state index is 0.0425. The van der Waals surface area contributed by atoms with E-state index in [1.165, 1.54) is 33.8 Å². The second-order valence-electron chi connectivity index (χ2n) is 5.70. The van der Waals surface area contributed by atoms with E-state index < -0.39 is 10.0 Å². The Morgan fingerprint density at radius 1 is 1.08 bits per heavy atom. The van der Waals surface area contributed by atoms with Crippen LogP contribution in [0.25, 0.3) is 0 Å². The number of sulfonamides is 1. The lowest BCUT2D eigenvalue weighted by atomic mass is 10.2. The molecule has 1 saturated heterocycles. The third-order valence-corrected chi connectivity index (χ3v) is 7.75. The van der Waals surface area contributed by atoms with Crippen molar-refractivity contribution in [1.29, 1.82) is 0 Å². The maximum atomic E-state index is 12.7. The molecular formula is C16H16Cl2N2O3S2. The normalized spacial score (nSPS) is 16.2. The Balaban J connectivity index is 1.72. The van der Waals surface area contributed by atoms with Crippen molar-refractivity contribution >= 4 is 50.5 Å². The monoisotopic (exact) mass is 418 g/mol. The predicted octanol–water partition coefficient (Wildman–Crippen LogP) is 3.51. The molecule has 0 aliphatic carbocycles. The molecular weight excluding hydrogens is 403 g/mol. The Morgan fingerprint density at radius 3 is 2.32 bits per heavy atom. The number of benzene rings is 1. The Morgan fingerprint density at radius 2 is 1.76 bits per heavy atom. The van der Waals surface area contributed by atoms with Crippen LogP contribution in [0.1, 0.15) is 15.2 Å². The van der Waals surface area contributed by atoms with Crippen LogP contribution in [0.3, 0.4) is 0 Å². The van der Waals surface area contributed by atoms with E-state index in [9.17, 15) is 13.2 Å². The van der Waals surface area contributed by atoms with Crippen molar-refractivity contribution in [1.82, 2.24) is 9.21 Å². The molecule has 1 aromatic heterocycles. The molecule has 1 amide bonds. The Labute approximate surface area is 160 Å². The van der Waals surface area contributed by atoms with E-state index in [4.69, 9.17) is 23.2 Å². The second kappa shape index (κ2) is 7.25. The topological polar surface area (TPSA) is 57.7 Å². The molecule has 3 rings (SSSR count). The summed E-state index contributed by atoms with van der Waals surface area (Å²) in [5, 5.41) is 2.39. The van der Waals surface area contributed by atoms with Crippen molar-refractivity contribution in [3.8, 4) is 0 Å². The number of carbonyl (C=O) groups excluding carboxylic acids is 1. The van der Waals surface area contributed by atoms with E-state index in [1.807, 2.05) is 18.4 Å². The van der Waals surface area contributed by atoms with Crippen LogP contribution in [0.5, 0.6) is 0 Å². The number of aryl methyl sites for hydroxylation is 1. The number of halogens is 2. The summed E-state index contributed by atoms with van der Waals surface area (Å²) >= 11 is 13.2. The Hall–Kier alpha value is -1.12. The maximum Gasteiger partial charge on any atom is 0.264 e. The molecule has 1 aliphatic heterocycles. The first-order chi connectivity index (χ1) is 11.8. The van der Waals surface area contributed by atoms with Crippen LogP contribution >= 0.6 is 34.5 Å². The zero-order valence-electron chi connectivity index (χ0n) is 13.4. The summed E-state index contributed by atoms with van der Waals surface area (Å²) in [6.45, 7) is 3.11. The first-order valence-electron chi connectivity index (χ1n) is 7.59. The van der Waals surface area contributed by atoms with Crippen molar-refractivity contribution in [3.05, 3.63) is 50.1 Å². The predicted molar refractivity (Wildman–Crippen MR) is 100 cm³/mol. The number of thiophene rings is 1. The van der Waals surface area contributed by atoms with E-state index in [2.05, 4.69) is 0 Å². The smallest absolute Gasteiger partial charge is 0.264 e. The first-order valence-corrected chi connectivity index (χ1v) is 10.7. The van der Waals surface area contributed by atoms with E-state index >= 15 is 0 Å². The minimum Gasteiger partial charge on any atom is -0.335 e.